The SMILES string of the molecule is CNCc1c(C)nn(C)c1-n1nnc(-c2ccccc2)n1. The zero-order valence-corrected chi connectivity index (χ0v) is 12.3. The van der Waals surface area contributed by atoms with Crippen LogP contribution < -0.4 is 5.32 Å². The van der Waals surface area contributed by atoms with Gasteiger partial charge < -0.3 is 5.32 Å². The molecule has 21 heavy (non-hydrogen) atoms. The molecule has 7 nitrogen and oxygen atoms in total. The molecule has 1 aromatic carbocycles. The van der Waals surface area contributed by atoms with E-state index in [-0.39, 0.29) is 0 Å². The highest BCUT2D eigenvalue weighted by atomic mass is 15.6. The van der Waals surface area contributed by atoms with Gasteiger partial charge in [0, 0.05) is 24.7 Å². The summed E-state index contributed by atoms with van der Waals surface area (Å²) in [6.07, 6.45) is 0. The van der Waals surface area contributed by atoms with Crippen LogP contribution in [0.2, 0.25) is 0 Å². The van der Waals surface area contributed by atoms with Crippen molar-refractivity contribution in [2.75, 3.05) is 7.05 Å². The molecule has 0 unspecified atom stereocenters. The van der Waals surface area contributed by atoms with Crippen molar-refractivity contribution in [2.45, 2.75) is 13.5 Å². The molecule has 7 heteroatoms. The number of nitrogens with zero attached hydrogens (tertiary/aromatic N) is 6. The Balaban J connectivity index is 2.05. The fourth-order valence-electron chi connectivity index (χ4n) is 2.33. The van der Waals surface area contributed by atoms with E-state index in [1.165, 1.54) is 4.80 Å². The molecule has 0 atom stereocenters. The minimum atomic E-state index is 0.602. The Kier molecular flexibility index (Phi) is 3.49. The van der Waals surface area contributed by atoms with Gasteiger partial charge in [-0.25, -0.2) is 4.68 Å². The van der Waals surface area contributed by atoms with Gasteiger partial charge in [0.15, 0.2) is 5.82 Å². The predicted octanol–water partition coefficient (Wildman–Crippen LogP) is 1.09. The van der Waals surface area contributed by atoms with E-state index >= 15 is 0 Å². The van der Waals surface area contributed by atoms with Gasteiger partial charge in [0.1, 0.15) is 0 Å². The maximum absolute atomic E-state index is 4.47. The molecule has 0 spiro atoms. The number of hydrogen-bond donors (Lipinski definition) is 1. The summed E-state index contributed by atoms with van der Waals surface area (Å²) in [5.41, 5.74) is 2.97. The van der Waals surface area contributed by atoms with Crippen molar-refractivity contribution in [3.63, 3.8) is 0 Å². The van der Waals surface area contributed by atoms with Gasteiger partial charge in [-0.05, 0) is 19.2 Å². The molecule has 0 radical (unpaired) electrons. The van der Waals surface area contributed by atoms with E-state index < -0.39 is 0 Å². The summed E-state index contributed by atoms with van der Waals surface area (Å²) < 4.78 is 1.78. The lowest BCUT2D eigenvalue weighted by atomic mass is 10.2. The largest absolute Gasteiger partial charge is 0.315 e. The van der Waals surface area contributed by atoms with Crippen LogP contribution in [0.4, 0.5) is 0 Å². The first-order valence-electron chi connectivity index (χ1n) is 6.73. The Morgan fingerprint density at radius 1 is 1.14 bits per heavy atom. The highest BCUT2D eigenvalue weighted by Crippen LogP contribution is 2.18. The molecule has 0 amide bonds. The van der Waals surface area contributed by atoms with Gasteiger partial charge in [0.25, 0.3) is 0 Å². The Bertz CT molecular complexity index is 742. The van der Waals surface area contributed by atoms with E-state index in [4.69, 9.17) is 0 Å². The molecule has 3 rings (SSSR count). The molecule has 0 fully saturated rings. The summed E-state index contributed by atoms with van der Waals surface area (Å²) in [6.45, 7) is 2.68. The number of aromatic nitrogens is 6. The van der Waals surface area contributed by atoms with Crippen LogP contribution in [0.5, 0.6) is 0 Å². The van der Waals surface area contributed by atoms with Crippen molar-refractivity contribution in [2.24, 2.45) is 7.05 Å². The van der Waals surface area contributed by atoms with Crippen molar-refractivity contribution in [3.8, 4) is 17.2 Å². The van der Waals surface area contributed by atoms with Crippen molar-refractivity contribution in [1.29, 1.82) is 0 Å². The summed E-state index contributed by atoms with van der Waals surface area (Å²) in [5, 5.41) is 20.4. The Hall–Kier alpha value is -2.54. The summed E-state index contributed by atoms with van der Waals surface area (Å²) in [7, 11) is 3.79. The van der Waals surface area contributed by atoms with Gasteiger partial charge in [-0.1, -0.05) is 30.3 Å². The Labute approximate surface area is 122 Å². The average molecular weight is 283 g/mol. The first kappa shape index (κ1) is 13.4. The van der Waals surface area contributed by atoms with E-state index in [1.807, 2.05) is 51.4 Å². The molecule has 0 saturated carbocycles. The minimum absolute atomic E-state index is 0.602. The van der Waals surface area contributed by atoms with Gasteiger partial charge >= 0.3 is 0 Å². The zero-order valence-electron chi connectivity index (χ0n) is 12.3. The lowest BCUT2D eigenvalue weighted by molar-refractivity contribution is 0.626. The van der Waals surface area contributed by atoms with Crippen LogP contribution in [-0.2, 0) is 13.6 Å². The highest BCUT2D eigenvalue weighted by Gasteiger charge is 2.17. The molecular weight excluding hydrogens is 266 g/mol. The molecular formula is C14H17N7. The number of tetrazole rings is 1. The molecule has 0 bridgehead atoms. The van der Waals surface area contributed by atoms with Crippen LogP contribution in [-0.4, -0.2) is 37.0 Å². The molecule has 108 valence electrons. The van der Waals surface area contributed by atoms with E-state index in [1.54, 1.807) is 4.68 Å². The third-order valence-electron chi connectivity index (χ3n) is 3.30. The molecule has 2 aromatic heterocycles. The second-order valence-electron chi connectivity index (χ2n) is 4.81. The smallest absolute Gasteiger partial charge is 0.205 e. The summed E-state index contributed by atoms with van der Waals surface area (Å²) in [6, 6.07) is 9.80. The molecule has 3 aromatic rings. The van der Waals surface area contributed by atoms with Gasteiger partial charge in [-0.3, -0.25) is 0 Å². The number of aryl methyl sites for hydroxylation is 2. The maximum atomic E-state index is 4.47. The second kappa shape index (κ2) is 5.45. The minimum Gasteiger partial charge on any atom is -0.315 e. The normalized spacial score (nSPS) is 11.0. The number of rotatable bonds is 4. The van der Waals surface area contributed by atoms with Gasteiger partial charge in [0.2, 0.25) is 5.82 Å². The highest BCUT2D eigenvalue weighted by molar-refractivity contribution is 5.53. The third-order valence-corrected chi connectivity index (χ3v) is 3.30. The van der Waals surface area contributed by atoms with Crippen molar-refractivity contribution in [1.82, 2.24) is 35.3 Å². The number of hydrogen-bond acceptors (Lipinski definition) is 5. The third kappa shape index (κ3) is 2.43. The first-order chi connectivity index (χ1) is 10.2. The van der Waals surface area contributed by atoms with E-state index in [9.17, 15) is 0 Å². The van der Waals surface area contributed by atoms with Gasteiger partial charge in [-0.15, -0.1) is 15.0 Å². The lowest BCUT2D eigenvalue weighted by Gasteiger charge is -2.03. The standard InChI is InChI=1S/C14H17N7/c1-10-12(9-15-2)14(20(3)17-10)21-18-13(16-19-21)11-7-5-4-6-8-11/h4-8,15H,9H2,1-3H3. The fourth-order valence-corrected chi connectivity index (χ4v) is 2.33. The van der Waals surface area contributed by atoms with Crippen molar-refractivity contribution in [3.05, 3.63) is 41.6 Å². The average Bonchev–Trinajstić information content (AvgIpc) is 3.06. The quantitative estimate of drug-likeness (QED) is 0.776. The van der Waals surface area contributed by atoms with Crippen LogP contribution in [0.15, 0.2) is 30.3 Å². The number of nitrogens with one attached hydrogen (secondary N) is 1. The first-order valence-corrected chi connectivity index (χ1v) is 6.73. The molecule has 0 saturated heterocycles. The van der Waals surface area contributed by atoms with Gasteiger partial charge in [-0.2, -0.15) is 5.10 Å². The van der Waals surface area contributed by atoms with E-state index in [0.717, 1.165) is 22.6 Å². The molecule has 0 aliphatic carbocycles. The van der Waals surface area contributed by atoms with Crippen LogP contribution >= 0.6 is 0 Å². The number of benzene rings is 1. The molecule has 2 heterocycles. The molecule has 1 N–H and O–H groups in total. The van der Waals surface area contributed by atoms with Crippen molar-refractivity contribution < 1.29 is 0 Å². The predicted molar refractivity (Wildman–Crippen MR) is 78.9 cm³/mol. The van der Waals surface area contributed by atoms with Crippen LogP contribution in [0.1, 0.15) is 11.3 Å². The van der Waals surface area contributed by atoms with Crippen LogP contribution in [0.3, 0.4) is 0 Å². The monoisotopic (exact) mass is 283 g/mol. The summed E-state index contributed by atoms with van der Waals surface area (Å²) in [5.74, 6) is 1.43. The molecule has 0 aliphatic heterocycles. The Morgan fingerprint density at radius 2 is 1.90 bits per heavy atom. The zero-order chi connectivity index (χ0) is 14.8. The fraction of sp³-hybridized carbons (Fsp3) is 0.286. The summed E-state index contributed by atoms with van der Waals surface area (Å²) in [4.78, 5) is 1.54. The van der Waals surface area contributed by atoms with E-state index in [2.05, 4.69) is 25.8 Å². The molecule has 0 aliphatic rings. The summed E-state index contributed by atoms with van der Waals surface area (Å²) >= 11 is 0. The van der Waals surface area contributed by atoms with Crippen molar-refractivity contribution >= 4 is 0 Å². The lowest BCUT2D eigenvalue weighted by Crippen LogP contribution is -2.12. The second-order valence-corrected chi connectivity index (χ2v) is 4.81. The Morgan fingerprint density at radius 3 is 2.62 bits per heavy atom. The van der Waals surface area contributed by atoms with Crippen LogP contribution in [0, 0.1) is 6.92 Å². The van der Waals surface area contributed by atoms with E-state index in [0.29, 0.717) is 12.4 Å². The van der Waals surface area contributed by atoms with Crippen LogP contribution in [0.25, 0.3) is 17.2 Å². The van der Waals surface area contributed by atoms with Gasteiger partial charge in [0.05, 0.1) is 5.69 Å². The maximum Gasteiger partial charge on any atom is 0.205 e. The topological polar surface area (TPSA) is 73.5 Å².